The number of alkyl halides is 3. The molecule has 1 aromatic carbocycles. The number of halogens is 3. The summed E-state index contributed by atoms with van der Waals surface area (Å²) in [5, 5.41) is 9.14. The summed E-state index contributed by atoms with van der Waals surface area (Å²) in [5.74, 6) is 0.698. The Hall–Kier alpha value is -3.37. The van der Waals surface area contributed by atoms with Crippen LogP contribution in [0.2, 0.25) is 5.31 Å². The number of carbonyl (C=O) groups is 1. The van der Waals surface area contributed by atoms with Crippen LogP contribution in [0.5, 0.6) is 0 Å². The number of rotatable bonds is 4. The van der Waals surface area contributed by atoms with Crippen LogP contribution >= 0.6 is 0 Å². The Morgan fingerprint density at radius 3 is 2.67 bits per heavy atom. The highest BCUT2D eigenvalue weighted by atomic mass is 19.4. The quantitative estimate of drug-likeness (QED) is 0.381. The number of hydrogen-bond donors (Lipinski definition) is 3. The predicted octanol–water partition coefficient (Wildman–Crippen LogP) is 6.09. The molecule has 188 valence electrons. The van der Waals surface area contributed by atoms with E-state index in [1.165, 1.54) is 37.8 Å². The second-order valence-corrected chi connectivity index (χ2v) is 10.5. The molecule has 11 heteroatoms. The van der Waals surface area contributed by atoms with Crippen molar-refractivity contribution in [2.45, 2.75) is 69.3 Å². The van der Waals surface area contributed by atoms with Crippen LogP contribution < -0.4 is 16.0 Å². The normalized spacial score (nSPS) is 23.6. The number of amides is 2. The van der Waals surface area contributed by atoms with Crippen molar-refractivity contribution in [3.05, 3.63) is 47.8 Å². The summed E-state index contributed by atoms with van der Waals surface area (Å²) in [6.07, 6.45) is 4.42. The van der Waals surface area contributed by atoms with Gasteiger partial charge in [-0.15, -0.1) is 0 Å². The maximum atomic E-state index is 12.9. The van der Waals surface area contributed by atoms with Gasteiger partial charge in [0.1, 0.15) is 11.3 Å². The van der Waals surface area contributed by atoms with Gasteiger partial charge in [-0.25, -0.2) is 19.7 Å². The number of nitrogens with one attached hydrogen (secondary N) is 3. The minimum Gasteiger partial charge on any atom is -0.371 e. The number of aromatic nitrogens is 3. The monoisotopic (exact) mass is 496 g/mol. The number of urea groups is 1. The molecule has 2 bridgehead atoms. The highest BCUT2D eigenvalue weighted by Gasteiger charge is 2.48. The molecule has 0 aliphatic carbocycles. The molecule has 2 unspecified atom stereocenters. The van der Waals surface area contributed by atoms with Gasteiger partial charge in [0.25, 0.3) is 0 Å². The highest BCUT2D eigenvalue weighted by molar-refractivity contribution is 6.46. The molecule has 5 rings (SSSR count). The standard InChI is InChI=1S/C25H28BF3N6O/c1-15-18(33-22(36)32-17-7-5-6-16(12-17)25(27,28)29)13-19-21(31-15)34-20(14-30-19)35-24-9-4-3-8-23(2,26-24)10-11-24/h5-7,12-14,26H,3-4,8-11H2,1-2H3,(H,31,34,35)(H2,32,33,36). The van der Waals surface area contributed by atoms with E-state index in [1.807, 2.05) is 0 Å². The molecule has 2 fully saturated rings. The lowest BCUT2D eigenvalue weighted by atomic mass is 9.47. The second-order valence-electron chi connectivity index (χ2n) is 10.5. The fraction of sp³-hybridized carbons (Fsp3) is 0.440. The summed E-state index contributed by atoms with van der Waals surface area (Å²) in [4.78, 5) is 26.2. The van der Waals surface area contributed by atoms with E-state index in [0.717, 1.165) is 32.3 Å². The molecule has 36 heavy (non-hydrogen) atoms. The zero-order valence-electron chi connectivity index (χ0n) is 20.3. The summed E-state index contributed by atoms with van der Waals surface area (Å²) in [6, 6.07) is 5.44. The Balaban J connectivity index is 1.31. The Morgan fingerprint density at radius 2 is 1.86 bits per heavy atom. The van der Waals surface area contributed by atoms with Gasteiger partial charge in [-0.3, -0.25) is 0 Å². The molecule has 0 saturated carbocycles. The summed E-state index contributed by atoms with van der Waals surface area (Å²) < 4.78 is 38.8. The lowest BCUT2D eigenvalue weighted by molar-refractivity contribution is -0.137. The Morgan fingerprint density at radius 1 is 1.06 bits per heavy atom. The Bertz CT molecular complexity index is 1310. The zero-order valence-corrected chi connectivity index (χ0v) is 20.3. The van der Waals surface area contributed by atoms with Gasteiger partial charge < -0.3 is 16.0 Å². The number of nitrogens with zero attached hydrogens (tertiary/aromatic N) is 3. The molecule has 2 atom stereocenters. The molecular formula is C25H28BF3N6O. The molecule has 0 spiro atoms. The number of hydrogen-bond acceptors (Lipinski definition) is 5. The molecule has 2 aromatic heterocycles. The van der Waals surface area contributed by atoms with Crippen LogP contribution in [0.4, 0.5) is 35.2 Å². The SMILES string of the molecule is Cc1nc2nc(NC34BC(C)(CCCC3)CC4)cnc2cc1NC(=O)Nc1cccc(C(F)(F)F)c1. The third-order valence-corrected chi connectivity index (χ3v) is 7.47. The minimum absolute atomic E-state index is 0.0325. The van der Waals surface area contributed by atoms with Crippen LogP contribution in [0.15, 0.2) is 36.5 Å². The van der Waals surface area contributed by atoms with Crippen molar-refractivity contribution in [1.29, 1.82) is 0 Å². The predicted molar refractivity (Wildman–Crippen MR) is 136 cm³/mol. The number of aryl methyl sites for hydroxylation is 1. The Kier molecular flexibility index (Phi) is 6.04. The maximum Gasteiger partial charge on any atom is 0.416 e. The minimum atomic E-state index is -4.49. The average Bonchev–Trinajstić information content (AvgIpc) is 3.03. The number of benzene rings is 1. The summed E-state index contributed by atoms with van der Waals surface area (Å²) >= 11 is 0. The van der Waals surface area contributed by atoms with Gasteiger partial charge in [-0.2, -0.15) is 13.2 Å². The molecule has 3 N–H and O–H groups in total. The van der Waals surface area contributed by atoms with Gasteiger partial charge in [0.2, 0.25) is 0 Å². The van der Waals surface area contributed by atoms with Gasteiger partial charge in [-0.05, 0) is 44.0 Å². The van der Waals surface area contributed by atoms with Crippen molar-refractivity contribution in [1.82, 2.24) is 15.0 Å². The average molecular weight is 496 g/mol. The topological polar surface area (TPSA) is 91.8 Å². The van der Waals surface area contributed by atoms with E-state index in [2.05, 4.69) is 32.8 Å². The van der Waals surface area contributed by atoms with Crippen molar-refractivity contribution in [2.24, 2.45) is 0 Å². The van der Waals surface area contributed by atoms with Gasteiger partial charge in [0.05, 0.1) is 23.1 Å². The summed E-state index contributed by atoms with van der Waals surface area (Å²) in [5.41, 5.74) is 1.14. The molecule has 2 aliphatic heterocycles. The Labute approximate surface area is 207 Å². The van der Waals surface area contributed by atoms with E-state index in [9.17, 15) is 18.0 Å². The largest absolute Gasteiger partial charge is 0.416 e. The van der Waals surface area contributed by atoms with E-state index >= 15 is 0 Å². The van der Waals surface area contributed by atoms with Crippen LogP contribution in [0.25, 0.3) is 11.2 Å². The number of anilines is 3. The smallest absolute Gasteiger partial charge is 0.371 e. The van der Waals surface area contributed by atoms with Crippen molar-refractivity contribution in [3.8, 4) is 0 Å². The summed E-state index contributed by atoms with van der Waals surface area (Å²) in [6.45, 7) is 4.12. The lowest BCUT2D eigenvalue weighted by Crippen LogP contribution is -2.42. The van der Waals surface area contributed by atoms with Crippen LogP contribution in [0.1, 0.15) is 56.7 Å². The van der Waals surface area contributed by atoms with E-state index in [-0.39, 0.29) is 11.1 Å². The summed E-state index contributed by atoms with van der Waals surface area (Å²) in [7, 11) is 1.13. The third kappa shape index (κ3) is 5.10. The molecule has 0 radical (unpaired) electrons. The van der Waals surface area contributed by atoms with Crippen molar-refractivity contribution in [2.75, 3.05) is 16.0 Å². The van der Waals surface area contributed by atoms with Crippen LogP contribution in [0.3, 0.4) is 0 Å². The van der Waals surface area contributed by atoms with E-state index in [4.69, 9.17) is 4.98 Å². The van der Waals surface area contributed by atoms with Gasteiger partial charge in [0, 0.05) is 11.1 Å². The van der Waals surface area contributed by atoms with Crippen molar-refractivity contribution >= 4 is 41.7 Å². The maximum absolute atomic E-state index is 12.9. The second kappa shape index (κ2) is 8.94. The number of carbonyl (C=O) groups excluding carboxylic acids is 1. The molecule has 2 aliphatic rings. The first-order valence-corrected chi connectivity index (χ1v) is 12.2. The molecule has 2 saturated heterocycles. The number of fused-ring (bicyclic) bond motifs is 3. The van der Waals surface area contributed by atoms with E-state index in [1.54, 1.807) is 19.2 Å². The fourth-order valence-corrected chi connectivity index (χ4v) is 5.70. The molecular weight excluding hydrogens is 468 g/mol. The molecule has 7 nitrogen and oxygen atoms in total. The molecule has 3 aromatic rings. The van der Waals surface area contributed by atoms with E-state index in [0.29, 0.717) is 33.7 Å². The highest BCUT2D eigenvalue weighted by Crippen LogP contribution is 2.52. The van der Waals surface area contributed by atoms with E-state index < -0.39 is 17.8 Å². The third-order valence-electron chi connectivity index (χ3n) is 7.47. The first kappa shape index (κ1) is 24.3. The van der Waals surface area contributed by atoms with Crippen molar-refractivity contribution in [3.63, 3.8) is 0 Å². The first-order valence-electron chi connectivity index (χ1n) is 12.2. The molecule has 4 heterocycles. The van der Waals surface area contributed by atoms with Crippen LogP contribution in [-0.2, 0) is 6.18 Å². The van der Waals surface area contributed by atoms with Gasteiger partial charge in [0.15, 0.2) is 12.9 Å². The van der Waals surface area contributed by atoms with Gasteiger partial charge >= 0.3 is 12.2 Å². The lowest BCUT2D eigenvalue weighted by Gasteiger charge is -2.30. The van der Waals surface area contributed by atoms with Crippen LogP contribution in [0, 0.1) is 6.92 Å². The van der Waals surface area contributed by atoms with Crippen molar-refractivity contribution < 1.29 is 18.0 Å². The fourth-order valence-electron chi connectivity index (χ4n) is 5.70. The van der Waals surface area contributed by atoms with Crippen LogP contribution in [-0.4, -0.2) is 33.7 Å². The van der Waals surface area contributed by atoms with Gasteiger partial charge in [-0.1, -0.05) is 44.0 Å². The zero-order chi connectivity index (χ0) is 25.6. The number of pyridine rings is 1. The molecule has 2 amide bonds. The first-order chi connectivity index (χ1) is 17.0.